The molecule has 0 aliphatic heterocycles. The maximum Gasteiger partial charge on any atom is 0.358 e. The summed E-state index contributed by atoms with van der Waals surface area (Å²) in [6.07, 6.45) is 0. The van der Waals surface area contributed by atoms with E-state index < -0.39 is 5.97 Å². The first kappa shape index (κ1) is 16.2. The molecular formula is C12H20N4O3S. The van der Waals surface area contributed by atoms with Crippen molar-refractivity contribution in [1.82, 2.24) is 15.2 Å². The van der Waals surface area contributed by atoms with E-state index in [0.29, 0.717) is 30.5 Å². The first-order valence-electron chi connectivity index (χ1n) is 6.29. The highest BCUT2D eigenvalue weighted by Gasteiger charge is 2.16. The molecule has 0 aliphatic carbocycles. The molecule has 0 aliphatic rings. The predicted octanol–water partition coefficient (Wildman–Crippen LogP) is 1.31. The van der Waals surface area contributed by atoms with Gasteiger partial charge in [0, 0.05) is 32.1 Å². The number of aryl methyl sites for hydroxylation is 1. The van der Waals surface area contributed by atoms with Crippen molar-refractivity contribution in [2.24, 2.45) is 0 Å². The van der Waals surface area contributed by atoms with Crippen LogP contribution in [0.25, 0.3) is 0 Å². The minimum Gasteiger partial charge on any atom is -0.461 e. The highest BCUT2D eigenvalue weighted by molar-refractivity contribution is 7.15. The number of ether oxygens (including phenoxy) is 1. The Morgan fingerprint density at radius 1 is 1.35 bits per heavy atom. The summed E-state index contributed by atoms with van der Waals surface area (Å²) < 4.78 is 4.92. The van der Waals surface area contributed by atoms with Crippen molar-refractivity contribution < 1.29 is 14.3 Å². The molecule has 7 nitrogen and oxygen atoms in total. The molecular weight excluding hydrogens is 280 g/mol. The number of aromatic nitrogens is 1. The van der Waals surface area contributed by atoms with Crippen LogP contribution in [-0.2, 0) is 4.74 Å². The smallest absolute Gasteiger partial charge is 0.358 e. The van der Waals surface area contributed by atoms with Crippen molar-refractivity contribution in [2.45, 2.75) is 13.8 Å². The molecule has 8 heteroatoms. The van der Waals surface area contributed by atoms with E-state index in [4.69, 9.17) is 4.74 Å². The van der Waals surface area contributed by atoms with Crippen LogP contribution in [0.4, 0.5) is 9.93 Å². The summed E-state index contributed by atoms with van der Waals surface area (Å²) >= 11 is 1.39. The molecule has 0 saturated carbocycles. The Labute approximate surface area is 122 Å². The molecule has 0 bridgehead atoms. The maximum absolute atomic E-state index is 11.6. The molecule has 0 spiro atoms. The molecule has 0 radical (unpaired) electrons. The summed E-state index contributed by atoms with van der Waals surface area (Å²) in [5.74, 6) is -0.407. The van der Waals surface area contributed by atoms with Gasteiger partial charge in [-0.15, -0.1) is 11.3 Å². The van der Waals surface area contributed by atoms with Crippen LogP contribution in [-0.4, -0.2) is 55.7 Å². The van der Waals surface area contributed by atoms with Gasteiger partial charge in [0.05, 0.1) is 6.61 Å². The summed E-state index contributed by atoms with van der Waals surface area (Å²) in [7, 11) is 3.36. The fourth-order valence-corrected chi connectivity index (χ4v) is 2.18. The molecule has 0 atom stereocenters. The van der Waals surface area contributed by atoms with Gasteiger partial charge in [0.15, 0.2) is 10.8 Å². The minimum absolute atomic E-state index is 0.144. The van der Waals surface area contributed by atoms with E-state index in [1.807, 2.05) is 6.92 Å². The normalized spacial score (nSPS) is 10.0. The Balaban J connectivity index is 2.44. The van der Waals surface area contributed by atoms with Crippen LogP contribution < -0.4 is 10.6 Å². The largest absolute Gasteiger partial charge is 0.461 e. The SMILES string of the molecule is CCOC(=O)c1nc(NCCNC(=O)N(C)C)sc1C. The number of esters is 1. The lowest BCUT2D eigenvalue weighted by Gasteiger charge is -2.11. The second-order valence-corrected chi connectivity index (χ2v) is 5.40. The number of anilines is 1. The number of thiazole rings is 1. The Morgan fingerprint density at radius 2 is 2.05 bits per heavy atom. The highest BCUT2D eigenvalue weighted by Crippen LogP contribution is 2.22. The standard InChI is InChI=1S/C12H20N4O3S/c1-5-19-10(17)9-8(2)20-11(15-9)13-6-7-14-12(18)16(3)4/h5-7H2,1-4H3,(H,13,15)(H,14,18). The second kappa shape index (κ2) is 7.68. The Kier molecular flexibility index (Phi) is 6.23. The number of nitrogens with one attached hydrogen (secondary N) is 2. The first-order valence-corrected chi connectivity index (χ1v) is 7.11. The van der Waals surface area contributed by atoms with E-state index in [2.05, 4.69) is 15.6 Å². The molecule has 1 heterocycles. The van der Waals surface area contributed by atoms with Crippen LogP contribution in [0.5, 0.6) is 0 Å². The van der Waals surface area contributed by atoms with Gasteiger partial charge in [-0.1, -0.05) is 0 Å². The number of rotatable bonds is 6. The van der Waals surface area contributed by atoms with Gasteiger partial charge in [0.1, 0.15) is 0 Å². The van der Waals surface area contributed by atoms with Crippen molar-refractivity contribution in [2.75, 3.05) is 39.1 Å². The zero-order chi connectivity index (χ0) is 15.1. The third kappa shape index (κ3) is 4.69. The topological polar surface area (TPSA) is 83.6 Å². The highest BCUT2D eigenvalue weighted by atomic mass is 32.1. The molecule has 2 N–H and O–H groups in total. The Bertz CT molecular complexity index is 473. The molecule has 1 rings (SSSR count). The lowest BCUT2D eigenvalue weighted by molar-refractivity contribution is 0.0519. The number of urea groups is 1. The van der Waals surface area contributed by atoms with E-state index >= 15 is 0 Å². The third-order valence-electron chi connectivity index (χ3n) is 2.35. The van der Waals surface area contributed by atoms with Crippen molar-refractivity contribution >= 4 is 28.5 Å². The van der Waals surface area contributed by atoms with Crippen molar-refractivity contribution in [3.05, 3.63) is 10.6 Å². The van der Waals surface area contributed by atoms with Gasteiger partial charge in [-0.3, -0.25) is 0 Å². The predicted molar refractivity (Wildman–Crippen MR) is 78.4 cm³/mol. The van der Waals surface area contributed by atoms with Gasteiger partial charge in [-0.05, 0) is 13.8 Å². The molecule has 20 heavy (non-hydrogen) atoms. The number of hydrogen-bond donors (Lipinski definition) is 2. The molecule has 1 aromatic rings. The summed E-state index contributed by atoms with van der Waals surface area (Å²) in [5.41, 5.74) is 0.344. The monoisotopic (exact) mass is 300 g/mol. The second-order valence-electron chi connectivity index (χ2n) is 4.20. The van der Waals surface area contributed by atoms with Crippen molar-refractivity contribution in [3.8, 4) is 0 Å². The number of hydrogen-bond acceptors (Lipinski definition) is 6. The summed E-state index contributed by atoms with van der Waals surface area (Å²) in [6.45, 7) is 4.92. The number of carbonyl (C=O) groups is 2. The zero-order valence-electron chi connectivity index (χ0n) is 12.1. The summed E-state index contributed by atoms with van der Waals surface area (Å²) in [4.78, 5) is 29.4. The quantitative estimate of drug-likeness (QED) is 0.611. The molecule has 1 aromatic heterocycles. The lowest BCUT2D eigenvalue weighted by Crippen LogP contribution is -2.37. The Hall–Kier alpha value is -1.83. The average Bonchev–Trinajstić information content (AvgIpc) is 2.76. The lowest BCUT2D eigenvalue weighted by atomic mass is 10.4. The van der Waals surface area contributed by atoms with Gasteiger partial charge < -0.3 is 20.3 Å². The van der Waals surface area contributed by atoms with E-state index in [-0.39, 0.29) is 6.03 Å². The molecule has 0 saturated heterocycles. The van der Waals surface area contributed by atoms with Crippen LogP contribution in [0.15, 0.2) is 0 Å². The van der Waals surface area contributed by atoms with Crippen LogP contribution in [0, 0.1) is 6.92 Å². The number of carbonyl (C=O) groups excluding carboxylic acids is 2. The molecule has 0 aromatic carbocycles. The van der Waals surface area contributed by atoms with Gasteiger partial charge in [-0.2, -0.15) is 0 Å². The fraction of sp³-hybridized carbons (Fsp3) is 0.583. The van der Waals surface area contributed by atoms with Crippen LogP contribution >= 0.6 is 11.3 Å². The number of nitrogens with zero attached hydrogens (tertiary/aromatic N) is 2. The number of amides is 2. The summed E-state index contributed by atoms with van der Waals surface area (Å²) in [6, 6.07) is -0.144. The Morgan fingerprint density at radius 3 is 2.65 bits per heavy atom. The minimum atomic E-state index is -0.407. The zero-order valence-corrected chi connectivity index (χ0v) is 13.0. The average molecular weight is 300 g/mol. The van der Waals surface area contributed by atoms with Crippen molar-refractivity contribution in [1.29, 1.82) is 0 Å². The van der Waals surface area contributed by atoms with Gasteiger partial charge in [0.25, 0.3) is 0 Å². The van der Waals surface area contributed by atoms with Gasteiger partial charge in [0.2, 0.25) is 0 Å². The van der Waals surface area contributed by atoms with E-state index in [0.717, 1.165) is 4.88 Å². The van der Waals surface area contributed by atoms with Crippen LogP contribution in [0.2, 0.25) is 0 Å². The summed E-state index contributed by atoms with van der Waals surface area (Å²) in [5, 5.41) is 6.43. The molecule has 0 unspecified atom stereocenters. The van der Waals surface area contributed by atoms with E-state index in [1.54, 1.807) is 21.0 Å². The third-order valence-corrected chi connectivity index (χ3v) is 3.28. The molecule has 112 valence electrons. The van der Waals surface area contributed by atoms with Gasteiger partial charge >= 0.3 is 12.0 Å². The van der Waals surface area contributed by atoms with Gasteiger partial charge in [-0.25, -0.2) is 14.6 Å². The molecule has 2 amide bonds. The van der Waals surface area contributed by atoms with E-state index in [9.17, 15) is 9.59 Å². The van der Waals surface area contributed by atoms with Crippen molar-refractivity contribution in [3.63, 3.8) is 0 Å². The maximum atomic E-state index is 11.6. The van der Waals surface area contributed by atoms with Crippen LogP contribution in [0.1, 0.15) is 22.3 Å². The first-order chi connectivity index (χ1) is 9.45. The molecule has 0 fully saturated rings. The van der Waals surface area contributed by atoms with E-state index in [1.165, 1.54) is 16.2 Å². The van der Waals surface area contributed by atoms with Crippen LogP contribution in [0.3, 0.4) is 0 Å². The fourth-order valence-electron chi connectivity index (χ4n) is 1.36.